The molecule has 2 fully saturated rings. The van der Waals surface area contributed by atoms with Crippen molar-refractivity contribution in [2.24, 2.45) is 11.3 Å². The van der Waals surface area contributed by atoms with Crippen LogP contribution in [0.15, 0.2) is 24.3 Å². The summed E-state index contributed by atoms with van der Waals surface area (Å²) in [5.74, 6) is -1.67. The monoisotopic (exact) mass is 343 g/mol. The van der Waals surface area contributed by atoms with E-state index in [4.69, 9.17) is 4.74 Å². The minimum Gasteiger partial charge on any atom is -0.481 e. The number of aliphatic carboxylic acids is 1. The number of hydrogen-bond donors (Lipinski definition) is 1. The molecule has 5 nitrogen and oxygen atoms in total. The topological polar surface area (TPSA) is 66.8 Å². The number of nitrogens with zero attached hydrogens (tertiary/aromatic N) is 1. The molecule has 0 bridgehead atoms. The zero-order valence-electron chi connectivity index (χ0n) is 12.7. The third-order valence-corrected chi connectivity index (χ3v) is 4.84. The second-order valence-electron chi connectivity index (χ2n) is 6.26. The standard InChI is InChI=1S/C16H16F3NO4/c17-16(18,19)11-3-1-10(2-4-11)13(21)20-7-12-5-6-24-9-15(12,8-20)14(22)23/h1-4,12H,5-9H2,(H,22,23)/t12-,15+/m0/s1. The molecule has 3 rings (SSSR count). The molecule has 0 spiro atoms. The SMILES string of the molecule is O=C(c1ccc(C(F)(F)F)cc1)N1C[C@@H]2CCOC[C@]2(C(=O)O)C1. The van der Waals surface area contributed by atoms with E-state index in [1.165, 1.54) is 4.90 Å². The Hall–Kier alpha value is -2.09. The van der Waals surface area contributed by atoms with Gasteiger partial charge in [0.2, 0.25) is 0 Å². The van der Waals surface area contributed by atoms with Crippen molar-refractivity contribution in [2.45, 2.75) is 12.6 Å². The lowest BCUT2D eigenvalue weighted by Crippen LogP contribution is -2.46. The number of benzene rings is 1. The highest BCUT2D eigenvalue weighted by Gasteiger charge is 2.55. The first kappa shape index (κ1) is 16.8. The molecule has 2 aliphatic rings. The van der Waals surface area contributed by atoms with Crippen molar-refractivity contribution in [3.05, 3.63) is 35.4 Å². The normalized spacial score (nSPS) is 27.0. The van der Waals surface area contributed by atoms with Gasteiger partial charge in [0.1, 0.15) is 5.41 Å². The largest absolute Gasteiger partial charge is 0.481 e. The molecule has 0 unspecified atom stereocenters. The molecular formula is C16H16F3NO4. The van der Waals surface area contributed by atoms with Gasteiger partial charge >= 0.3 is 12.1 Å². The lowest BCUT2D eigenvalue weighted by molar-refractivity contribution is -0.159. The highest BCUT2D eigenvalue weighted by Crippen LogP contribution is 2.42. The Morgan fingerprint density at radius 1 is 1.25 bits per heavy atom. The fourth-order valence-corrected chi connectivity index (χ4v) is 3.43. The van der Waals surface area contributed by atoms with E-state index >= 15 is 0 Å². The summed E-state index contributed by atoms with van der Waals surface area (Å²) in [6.45, 7) is 0.772. The Morgan fingerprint density at radius 2 is 1.92 bits per heavy atom. The summed E-state index contributed by atoms with van der Waals surface area (Å²) in [4.78, 5) is 25.6. The van der Waals surface area contributed by atoms with E-state index in [0.717, 1.165) is 24.3 Å². The molecule has 2 aliphatic heterocycles. The van der Waals surface area contributed by atoms with Crippen LogP contribution in [0.2, 0.25) is 0 Å². The van der Waals surface area contributed by atoms with Gasteiger partial charge in [-0.15, -0.1) is 0 Å². The van der Waals surface area contributed by atoms with Gasteiger partial charge in [-0.3, -0.25) is 9.59 Å². The Morgan fingerprint density at radius 3 is 2.46 bits per heavy atom. The van der Waals surface area contributed by atoms with E-state index in [1.54, 1.807) is 0 Å². The molecule has 1 N–H and O–H groups in total. The van der Waals surface area contributed by atoms with Crippen LogP contribution in [0.3, 0.4) is 0 Å². The average Bonchev–Trinajstić information content (AvgIpc) is 2.94. The highest BCUT2D eigenvalue weighted by molar-refractivity contribution is 5.95. The molecule has 0 saturated carbocycles. The molecule has 0 aromatic heterocycles. The van der Waals surface area contributed by atoms with Crippen molar-refractivity contribution in [2.75, 3.05) is 26.3 Å². The number of halogens is 3. The van der Waals surface area contributed by atoms with Crippen molar-refractivity contribution in [3.63, 3.8) is 0 Å². The maximum atomic E-state index is 12.6. The molecule has 130 valence electrons. The lowest BCUT2D eigenvalue weighted by atomic mass is 9.76. The summed E-state index contributed by atoms with van der Waals surface area (Å²) >= 11 is 0. The third-order valence-electron chi connectivity index (χ3n) is 4.84. The molecule has 0 radical (unpaired) electrons. The van der Waals surface area contributed by atoms with Crippen molar-refractivity contribution in [1.82, 2.24) is 4.90 Å². The van der Waals surface area contributed by atoms with E-state index in [9.17, 15) is 27.9 Å². The smallest absolute Gasteiger partial charge is 0.416 e. The van der Waals surface area contributed by atoms with Gasteiger partial charge in [-0.2, -0.15) is 13.2 Å². The van der Waals surface area contributed by atoms with Crippen LogP contribution in [-0.2, 0) is 15.7 Å². The minimum absolute atomic E-state index is 0.00680. The number of hydrogen-bond acceptors (Lipinski definition) is 3. The van der Waals surface area contributed by atoms with Gasteiger partial charge in [-0.05, 0) is 36.6 Å². The van der Waals surface area contributed by atoms with Crippen molar-refractivity contribution in [1.29, 1.82) is 0 Å². The van der Waals surface area contributed by atoms with Crippen molar-refractivity contribution >= 4 is 11.9 Å². The fraction of sp³-hybridized carbons (Fsp3) is 0.500. The predicted octanol–water partition coefficient (Wildman–Crippen LogP) is 2.27. The first-order chi connectivity index (χ1) is 11.2. The van der Waals surface area contributed by atoms with Crippen LogP contribution in [0.1, 0.15) is 22.3 Å². The number of ether oxygens (including phenoxy) is 1. The molecule has 1 aromatic carbocycles. The Labute approximate surface area is 136 Å². The maximum Gasteiger partial charge on any atom is 0.416 e. The van der Waals surface area contributed by atoms with E-state index in [2.05, 4.69) is 0 Å². The second-order valence-corrected chi connectivity index (χ2v) is 6.26. The Balaban J connectivity index is 1.80. The number of alkyl halides is 3. The molecule has 1 amide bonds. The van der Waals surface area contributed by atoms with Crippen LogP contribution in [0, 0.1) is 11.3 Å². The summed E-state index contributed by atoms with van der Waals surface area (Å²) in [5.41, 5.74) is -1.84. The number of carboxylic acids is 1. The van der Waals surface area contributed by atoms with Crippen LogP contribution in [0.25, 0.3) is 0 Å². The lowest BCUT2D eigenvalue weighted by Gasteiger charge is -2.33. The fourth-order valence-electron chi connectivity index (χ4n) is 3.43. The predicted molar refractivity (Wildman–Crippen MR) is 76.3 cm³/mol. The van der Waals surface area contributed by atoms with Crippen LogP contribution < -0.4 is 0 Å². The molecule has 0 aliphatic carbocycles. The van der Waals surface area contributed by atoms with E-state index in [1.807, 2.05) is 0 Å². The number of rotatable bonds is 2. The molecule has 2 atom stereocenters. The molecule has 1 aromatic rings. The van der Waals surface area contributed by atoms with Gasteiger partial charge in [0.15, 0.2) is 0 Å². The van der Waals surface area contributed by atoms with E-state index < -0.39 is 29.0 Å². The first-order valence-corrected chi connectivity index (χ1v) is 7.52. The summed E-state index contributed by atoms with van der Waals surface area (Å²) in [6.07, 6.45) is -3.92. The van der Waals surface area contributed by atoms with Gasteiger partial charge in [0.05, 0.1) is 12.2 Å². The molecule has 8 heteroatoms. The molecule has 24 heavy (non-hydrogen) atoms. The number of fused-ring (bicyclic) bond motifs is 1. The van der Waals surface area contributed by atoms with Crippen LogP contribution in [0.5, 0.6) is 0 Å². The summed E-state index contributed by atoms with van der Waals surface area (Å²) < 4.78 is 43.1. The average molecular weight is 343 g/mol. The number of carboxylic acid groups (broad SMARTS) is 1. The van der Waals surface area contributed by atoms with Crippen molar-refractivity contribution in [3.8, 4) is 0 Å². The van der Waals surface area contributed by atoms with E-state index in [-0.39, 0.29) is 31.2 Å². The van der Waals surface area contributed by atoms with Gasteiger partial charge in [-0.1, -0.05) is 0 Å². The summed E-state index contributed by atoms with van der Waals surface area (Å²) in [5, 5.41) is 9.55. The van der Waals surface area contributed by atoms with Crippen molar-refractivity contribution < 1.29 is 32.6 Å². The maximum absolute atomic E-state index is 12.6. The van der Waals surface area contributed by atoms with Crippen LogP contribution in [-0.4, -0.2) is 48.2 Å². The van der Waals surface area contributed by atoms with Gasteiger partial charge in [0, 0.05) is 25.3 Å². The first-order valence-electron chi connectivity index (χ1n) is 7.52. The molecule has 2 saturated heterocycles. The van der Waals surface area contributed by atoms with Crippen LogP contribution in [0.4, 0.5) is 13.2 Å². The quantitative estimate of drug-likeness (QED) is 0.895. The zero-order valence-corrected chi connectivity index (χ0v) is 12.7. The number of carbonyl (C=O) groups is 2. The summed E-state index contributed by atoms with van der Waals surface area (Å²) in [7, 11) is 0. The van der Waals surface area contributed by atoms with E-state index in [0.29, 0.717) is 13.0 Å². The number of carbonyl (C=O) groups excluding carboxylic acids is 1. The molecule has 2 heterocycles. The second kappa shape index (κ2) is 5.77. The zero-order chi connectivity index (χ0) is 17.5. The van der Waals surface area contributed by atoms with Gasteiger partial charge in [-0.25, -0.2) is 0 Å². The number of likely N-dealkylation sites (tertiary alicyclic amines) is 1. The molecular weight excluding hydrogens is 327 g/mol. The van der Waals surface area contributed by atoms with Gasteiger partial charge in [0.25, 0.3) is 5.91 Å². The van der Waals surface area contributed by atoms with Gasteiger partial charge < -0.3 is 14.7 Å². The Bertz CT molecular complexity index is 658. The highest BCUT2D eigenvalue weighted by atomic mass is 19.4. The number of amides is 1. The minimum atomic E-state index is -4.46. The summed E-state index contributed by atoms with van der Waals surface area (Å²) in [6, 6.07) is 3.95. The third kappa shape index (κ3) is 2.75. The van der Waals surface area contributed by atoms with Crippen LogP contribution >= 0.6 is 0 Å². The Kier molecular flexibility index (Phi) is 4.03.